The van der Waals surface area contributed by atoms with Crippen LogP contribution in [-0.2, 0) is 19.4 Å². The van der Waals surface area contributed by atoms with E-state index in [4.69, 9.17) is 0 Å². The number of hydrogen-bond acceptors (Lipinski definition) is 5. The maximum Gasteiger partial charge on any atom is 0.234 e. The number of sulfone groups is 1. The molecule has 8 heteroatoms. The van der Waals surface area contributed by atoms with Gasteiger partial charge in [0.05, 0.1) is 22.1 Å². The zero-order valence-electron chi connectivity index (χ0n) is 14.2. The number of likely N-dealkylation sites (tertiary alicyclic amines) is 1. The quantitative estimate of drug-likeness (QED) is 0.863. The maximum absolute atomic E-state index is 12.6. The van der Waals surface area contributed by atoms with Crippen molar-refractivity contribution in [2.24, 2.45) is 5.92 Å². The first-order chi connectivity index (χ1) is 11.8. The summed E-state index contributed by atoms with van der Waals surface area (Å²) in [6.07, 6.45) is 1.97. The molecule has 1 N–H and O–H groups in total. The van der Waals surface area contributed by atoms with Gasteiger partial charge in [-0.3, -0.25) is 9.59 Å². The summed E-state index contributed by atoms with van der Waals surface area (Å²) in [5, 5.41) is 2.72. The van der Waals surface area contributed by atoms with Gasteiger partial charge < -0.3 is 10.2 Å². The van der Waals surface area contributed by atoms with E-state index in [1.165, 1.54) is 17.8 Å². The third-order valence-electron chi connectivity index (χ3n) is 4.67. The fourth-order valence-electron chi connectivity index (χ4n) is 3.00. The lowest BCUT2D eigenvalue weighted by Crippen LogP contribution is -2.38. The van der Waals surface area contributed by atoms with Crippen LogP contribution in [0, 0.1) is 5.92 Å². The highest BCUT2D eigenvalue weighted by atomic mass is 32.2. The van der Waals surface area contributed by atoms with Crippen LogP contribution in [0.2, 0.25) is 0 Å². The van der Waals surface area contributed by atoms with E-state index in [1.54, 1.807) is 17.0 Å². The van der Waals surface area contributed by atoms with Gasteiger partial charge in [-0.05, 0) is 37.0 Å². The SMILES string of the molecule is CC1CCN(C(=O)CCS(=O)(=O)c2ccc3c(c2)SCC(=O)N3)CC1. The number of fused-ring (bicyclic) bond motifs is 1. The number of piperidine rings is 1. The van der Waals surface area contributed by atoms with Crippen molar-refractivity contribution in [3.8, 4) is 0 Å². The van der Waals surface area contributed by atoms with E-state index in [1.807, 2.05) is 0 Å². The third kappa shape index (κ3) is 4.36. The van der Waals surface area contributed by atoms with Crippen LogP contribution in [-0.4, -0.2) is 49.7 Å². The van der Waals surface area contributed by atoms with Gasteiger partial charge in [-0.1, -0.05) is 6.92 Å². The summed E-state index contributed by atoms with van der Waals surface area (Å²) >= 11 is 1.32. The van der Waals surface area contributed by atoms with E-state index in [9.17, 15) is 18.0 Å². The summed E-state index contributed by atoms with van der Waals surface area (Å²) in [5.41, 5.74) is 0.638. The molecule has 2 aliphatic rings. The Bertz CT molecular complexity index is 784. The van der Waals surface area contributed by atoms with Crippen molar-refractivity contribution < 1.29 is 18.0 Å². The van der Waals surface area contributed by atoms with Gasteiger partial charge in [0.25, 0.3) is 0 Å². The molecule has 2 amide bonds. The lowest BCUT2D eigenvalue weighted by molar-refractivity contribution is -0.132. The average molecular weight is 383 g/mol. The Balaban J connectivity index is 1.64. The third-order valence-corrected chi connectivity index (χ3v) is 7.44. The summed E-state index contributed by atoms with van der Waals surface area (Å²) in [5.74, 6) is 0.543. The van der Waals surface area contributed by atoms with Crippen LogP contribution in [0.5, 0.6) is 0 Å². The highest BCUT2D eigenvalue weighted by Crippen LogP contribution is 2.33. The van der Waals surface area contributed by atoms with Gasteiger partial charge in [-0.25, -0.2) is 8.42 Å². The molecule has 1 saturated heterocycles. The topological polar surface area (TPSA) is 83.6 Å². The number of anilines is 1. The lowest BCUT2D eigenvalue weighted by Gasteiger charge is -2.30. The highest BCUT2D eigenvalue weighted by molar-refractivity contribution is 8.00. The molecule has 2 aliphatic heterocycles. The van der Waals surface area contributed by atoms with Gasteiger partial charge in [0, 0.05) is 24.4 Å². The first kappa shape index (κ1) is 18.3. The molecule has 136 valence electrons. The fourth-order valence-corrected chi connectivity index (χ4v) is 5.17. The monoisotopic (exact) mass is 382 g/mol. The van der Waals surface area contributed by atoms with E-state index in [0.29, 0.717) is 11.6 Å². The predicted octanol–water partition coefficient (Wildman–Crippen LogP) is 2.15. The second-order valence-corrected chi connectivity index (χ2v) is 9.75. The van der Waals surface area contributed by atoms with Gasteiger partial charge in [-0.15, -0.1) is 11.8 Å². The van der Waals surface area contributed by atoms with Crippen molar-refractivity contribution >= 4 is 39.1 Å². The number of benzene rings is 1. The molecule has 0 atom stereocenters. The number of hydrogen-bond donors (Lipinski definition) is 1. The molecule has 0 aliphatic carbocycles. The standard InChI is InChI=1S/C17H22N2O4S2/c1-12-4-7-19(8-5-12)17(21)6-9-25(22,23)13-2-3-14-15(10-13)24-11-16(20)18-14/h2-3,10,12H,4-9,11H2,1H3,(H,18,20). The van der Waals surface area contributed by atoms with Crippen molar-refractivity contribution in [2.75, 3.05) is 29.9 Å². The molecule has 0 aromatic heterocycles. The molecule has 0 radical (unpaired) electrons. The summed E-state index contributed by atoms with van der Waals surface area (Å²) in [7, 11) is -3.53. The van der Waals surface area contributed by atoms with Gasteiger partial charge in [0.2, 0.25) is 11.8 Å². The largest absolute Gasteiger partial charge is 0.343 e. The van der Waals surface area contributed by atoms with E-state index in [0.717, 1.165) is 30.8 Å². The Morgan fingerprint density at radius 1 is 1.32 bits per heavy atom. The molecule has 1 fully saturated rings. The number of nitrogens with zero attached hydrogens (tertiary/aromatic N) is 1. The Kier molecular flexibility index (Phi) is 5.38. The molecule has 1 aromatic rings. The normalized spacial score (nSPS) is 18.6. The zero-order valence-corrected chi connectivity index (χ0v) is 15.8. The van der Waals surface area contributed by atoms with Crippen LogP contribution >= 0.6 is 11.8 Å². The Morgan fingerprint density at radius 2 is 2.04 bits per heavy atom. The van der Waals surface area contributed by atoms with Gasteiger partial charge in [-0.2, -0.15) is 0 Å². The molecule has 1 aromatic carbocycles. The summed E-state index contributed by atoms with van der Waals surface area (Å²) in [4.78, 5) is 26.3. The number of carbonyl (C=O) groups is 2. The first-order valence-corrected chi connectivity index (χ1v) is 11.1. The van der Waals surface area contributed by atoms with E-state index in [2.05, 4.69) is 12.2 Å². The molecule has 2 heterocycles. The molecule has 3 rings (SSSR count). The zero-order chi connectivity index (χ0) is 18.0. The molecule has 25 heavy (non-hydrogen) atoms. The molecule has 0 unspecified atom stereocenters. The van der Waals surface area contributed by atoms with Crippen molar-refractivity contribution in [3.63, 3.8) is 0 Å². The van der Waals surface area contributed by atoms with Crippen LogP contribution < -0.4 is 5.32 Å². The van der Waals surface area contributed by atoms with Gasteiger partial charge in [0.1, 0.15) is 0 Å². The summed E-state index contributed by atoms with van der Waals surface area (Å²) < 4.78 is 25.1. The van der Waals surface area contributed by atoms with E-state index in [-0.39, 0.29) is 34.6 Å². The molecular weight excluding hydrogens is 360 g/mol. The molecule has 0 bridgehead atoms. The Hall–Kier alpha value is -1.54. The van der Waals surface area contributed by atoms with Crippen molar-refractivity contribution in [1.29, 1.82) is 0 Å². The van der Waals surface area contributed by atoms with E-state index >= 15 is 0 Å². The number of nitrogens with one attached hydrogen (secondary N) is 1. The van der Waals surface area contributed by atoms with Gasteiger partial charge in [0.15, 0.2) is 9.84 Å². The number of rotatable bonds is 4. The second kappa shape index (κ2) is 7.37. The van der Waals surface area contributed by atoms with Crippen LogP contribution in [0.1, 0.15) is 26.2 Å². The van der Waals surface area contributed by atoms with Crippen LogP contribution in [0.3, 0.4) is 0 Å². The van der Waals surface area contributed by atoms with Crippen molar-refractivity contribution in [3.05, 3.63) is 18.2 Å². The van der Waals surface area contributed by atoms with Crippen molar-refractivity contribution in [1.82, 2.24) is 4.90 Å². The molecule has 6 nitrogen and oxygen atoms in total. The van der Waals surface area contributed by atoms with Gasteiger partial charge >= 0.3 is 0 Å². The smallest absolute Gasteiger partial charge is 0.234 e. The Labute approximate surface area is 152 Å². The van der Waals surface area contributed by atoms with Crippen LogP contribution in [0.4, 0.5) is 5.69 Å². The number of amides is 2. The summed E-state index contributed by atoms with van der Waals surface area (Å²) in [6, 6.07) is 4.69. The first-order valence-electron chi connectivity index (χ1n) is 8.42. The Morgan fingerprint density at radius 3 is 2.76 bits per heavy atom. The number of carbonyl (C=O) groups excluding carboxylic acids is 2. The maximum atomic E-state index is 12.6. The highest BCUT2D eigenvalue weighted by Gasteiger charge is 2.24. The minimum absolute atomic E-state index is 0.0116. The lowest BCUT2D eigenvalue weighted by atomic mass is 9.99. The fraction of sp³-hybridized carbons (Fsp3) is 0.529. The molecular formula is C17H22N2O4S2. The minimum Gasteiger partial charge on any atom is -0.343 e. The summed E-state index contributed by atoms with van der Waals surface area (Å²) in [6.45, 7) is 3.60. The average Bonchev–Trinajstić information content (AvgIpc) is 2.60. The predicted molar refractivity (Wildman–Crippen MR) is 97.4 cm³/mol. The molecule has 0 saturated carbocycles. The van der Waals surface area contributed by atoms with Crippen LogP contribution in [0.25, 0.3) is 0 Å². The second-order valence-electron chi connectivity index (χ2n) is 6.63. The van der Waals surface area contributed by atoms with Crippen molar-refractivity contribution in [2.45, 2.75) is 36.0 Å². The molecule has 0 spiro atoms. The number of thioether (sulfide) groups is 1. The van der Waals surface area contributed by atoms with E-state index < -0.39 is 9.84 Å². The minimum atomic E-state index is -3.53. The van der Waals surface area contributed by atoms with Crippen LogP contribution in [0.15, 0.2) is 28.0 Å².